The van der Waals surface area contributed by atoms with Crippen LogP contribution in [0.2, 0.25) is 0 Å². The summed E-state index contributed by atoms with van der Waals surface area (Å²) >= 11 is 0. The van der Waals surface area contributed by atoms with E-state index in [1.54, 1.807) is 0 Å². The first-order valence-electron chi connectivity index (χ1n) is 8.98. The molecule has 0 rings (SSSR count). The second-order valence-electron chi connectivity index (χ2n) is 5.93. The Morgan fingerprint density at radius 1 is 0.700 bits per heavy atom. The summed E-state index contributed by atoms with van der Waals surface area (Å²) < 4.78 is 0. The van der Waals surface area contributed by atoms with E-state index in [9.17, 15) is 4.79 Å². The van der Waals surface area contributed by atoms with Crippen LogP contribution in [0.1, 0.15) is 104 Å². The van der Waals surface area contributed by atoms with Crippen molar-refractivity contribution in [3.63, 3.8) is 0 Å². The molecule has 0 saturated carbocycles. The third-order valence-electron chi connectivity index (χ3n) is 3.80. The molecule has 0 bridgehead atoms. The quantitative estimate of drug-likeness (QED) is 0.243. The molecule has 0 aromatic rings. The van der Waals surface area contributed by atoms with E-state index in [2.05, 4.69) is 26.0 Å². The lowest BCUT2D eigenvalue weighted by atomic mass is 10.1. The average molecular weight is 280 g/mol. The van der Waals surface area contributed by atoms with Crippen molar-refractivity contribution < 1.29 is 4.79 Å². The summed E-state index contributed by atoms with van der Waals surface area (Å²) in [6, 6.07) is 0. The minimum atomic E-state index is 0.414. The minimum Gasteiger partial charge on any atom is -0.299 e. The van der Waals surface area contributed by atoms with Gasteiger partial charge in [-0.15, -0.1) is 0 Å². The van der Waals surface area contributed by atoms with Gasteiger partial charge in [0, 0.05) is 12.8 Å². The Morgan fingerprint density at radius 3 is 1.90 bits per heavy atom. The molecule has 0 amide bonds. The van der Waals surface area contributed by atoms with E-state index < -0.39 is 0 Å². The molecule has 0 unspecified atom stereocenters. The Kier molecular flexibility index (Phi) is 16.0. The van der Waals surface area contributed by atoms with E-state index in [0.717, 1.165) is 19.3 Å². The average Bonchev–Trinajstić information content (AvgIpc) is 2.45. The van der Waals surface area contributed by atoms with Gasteiger partial charge >= 0.3 is 0 Å². The number of Topliss-reactive ketones (excluding diaryl/α,β-unsaturated/α-hetero) is 1. The lowest BCUT2D eigenvalue weighted by Gasteiger charge is -1.99. The van der Waals surface area contributed by atoms with Crippen LogP contribution in [-0.4, -0.2) is 5.78 Å². The highest BCUT2D eigenvalue weighted by atomic mass is 16.1. The smallest absolute Gasteiger partial charge is 0.136 e. The lowest BCUT2D eigenvalue weighted by molar-refractivity contribution is -0.118. The van der Waals surface area contributed by atoms with Crippen LogP contribution in [0.3, 0.4) is 0 Å². The third-order valence-corrected chi connectivity index (χ3v) is 3.80. The van der Waals surface area contributed by atoms with Crippen molar-refractivity contribution in [1.29, 1.82) is 0 Å². The van der Waals surface area contributed by atoms with E-state index >= 15 is 0 Å². The highest BCUT2D eigenvalue weighted by Crippen LogP contribution is 2.09. The second-order valence-corrected chi connectivity index (χ2v) is 5.93. The zero-order chi connectivity index (χ0) is 14.9. The first-order valence-corrected chi connectivity index (χ1v) is 8.98. The van der Waals surface area contributed by atoms with Gasteiger partial charge in [-0.3, -0.25) is 4.79 Å². The Morgan fingerprint density at radius 2 is 1.25 bits per heavy atom. The maximum absolute atomic E-state index is 11.6. The van der Waals surface area contributed by atoms with Gasteiger partial charge in [0.25, 0.3) is 0 Å². The number of hydrogen-bond donors (Lipinski definition) is 0. The van der Waals surface area contributed by atoms with Crippen LogP contribution in [0, 0.1) is 0 Å². The summed E-state index contributed by atoms with van der Waals surface area (Å²) in [5, 5.41) is 0. The van der Waals surface area contributed by atoms with Gasteiger partial charge in [0.05, 0.1) is 0 Å². The Hall–Kier alpha value is -0.590. The molecule has 0 aliphatic rings. The summed E-state index contributed by atoms with van der Waals surface area (Å²) in [4.78, 5) is 11.6. The molecule has 0 N–H and O–H groups in total. The molecule has 0 atom stereocenters. The van der Waals surface area contributed by atoms with Crippen LogP contribution in [0.5, 0.6) is 0 Å². The van der Waals surface area contributed by atoms with E-state index in [0.29, 0.717) is 12.2 Å². The molecule has 1 nitrogen and oxygen atoms in total. The van der Waals surface area contributed by atoms with E-state index in [4.69, 9.17) is 0 Å². The summed E-state index contributed by atoms with van der Waals surface area (Å²) in [5.41, 5.74) is 0. The number of unbranched alkanes of at least 4 members (excludes halogenated alkanes) is 10. The van der Waals surface area contributed by atoms with Crippen LogP contribution in [0.15, 0.2) is 12.2 Å². The molecule has 0 heterocycles. The van der Waals surface area contributed by atoms with Crippen molar-refractivity contribution in [2.45, 2.75) is 104 Å². The second kappa shape index (κ2) is 16.5. The van der Waals surface area contributed by atoms with Crippen molar-refractivity contribution in [1.82, 2.24) is 0 Å². The normalized spacial score (nSPS) is 11.3. The van der Waals surface area contributed by atoms with Gasteiger partial charge in [-0.2, -0.15) is 0 Å². The third kappa shape index (κ3) is 15.5. The van der Waals surface area contributed by atoms with Crippen LogP contribution in [-0.2, 0) is 4.79 Å². The number of allylic oxidation sites excluding steroid dienone is 2. The van der Waals surface area contributed by atoms with Crippen molar-refractivity contribution in [2.24, 2.45) is 0 Å². The first kappa shape index (κ1) is 19.4. The highest BCUT2D eigenvalue weighted by Gasteiger charge is 1.98. The molecular formula is C19H36O. The van der Waals surface area contributed by atoms with Crippen LogP contribution < -0.4 is 0 Å². The van der Waals surface area contributed by atoms with Crippen LogP contribution in [0.4, 0.5) is 0 Å². The maximum atomic E-state index is 11.6. The molecule has 0 aliphatic heterocycles. The van der Waals surface area contributed by atoms with Crippen molar-refractivity contribution in [3.8, 4) is 0 Å². The topological polar surface area (TPSA) is 17.1 Å². The molecule has 0 radical (unpaired) electrons. The van der Waals surface area contributed by atoms with Gasteiger partial charge in [-0.25, -0.2) is 0 Å². The fraction of sp³-hybridized carbons (Fsp3) is 0.842. The Bertz CT molecular complexity index is 230. The molecule has 0 aromatic carbocycles. The molecule has 0 fully saturated rings. The number of rotatable bonds is 15. The van der Waals surface area contributed by atoms with Gasteiger partial charge in [0.2, 0.25) is 0 Å². The molecule has 0 aromatic heterocycles. The standard InChI is InChI=1S/C19H36O/c1-3-5-7-9-10-11-12-13-14-16-18-19(20)17-15-8-6-4-2/h14,16H,3-13,15,17-18H2,1-2H3/b16-14-. The summed E-state index contributed by atoms with van der Waals surface area (Å²) in [6.45, 7) is 4.46. The maximum Gasteiger partial charge on any atom is 0.136 e. The van der Waals surface area contributed by atoms with Crippen LogP contribution in [0.25, 0.3) is 0 Å². The molecule has 1 heteroatoms. The summed E-state index contributed by atoms with van der Waals surface area (Å²) in [5.74, 6) is 0.414. The van der Waals surface area contributed by atoms with Gasteiger partial charge in [-0.05, 0) is 19.3 Å². The monoisotopic (exact) mass is 280 g/mol. The summed E-state index contributed by atoms with van der Waals surface area (Å²) in [7, 11) is 0. The van der Waals surface area contributed by atoms with Crippen molar-refractivity contribution in [2.75, 3.05) is 0 Å². The molecular weight excluding hydrogens is 244 g/mol. The largest absolute Gasteiger partial charge is 0.299 e. The predicted octanol–water partition coefficient (Wildman–Crippen LogP) is 6.61. The Balaban J connectivity index is 3.24. The molecule has 118 valence electrons. The lowest BCUT2D eigenvalue weighted by Crippen LogP contribution is -1.95. The van der Waals surface area contributed by atoms with Crippen molar-refractivity contribution >= 4 is 5.78 Å². The van der Waals surface area contributed by atoms with Crippen LogP contribution >= 0.6 is 0 Å². The molecule has 0 spiro atoms. The van der Waals surface area contributed by atoms with Gasteiger partial charge in [0.1, 0.15) is 5.78 Å². The van der Waals surface area contributed by atoms with E-state index in [-0.39, 0.29) is 0 Å². The molecule has 0 saturated heterocycles. The Labute approximate surface area is 127 Å². The van der Waals surface area contributed by atoms with Gasteiger partial charge in [0.15, 0.2) is 0 Å². The fourth-order valence-electron chi connectivity index (χ4n) is 2.40. The summed E-state index contributed by atoms with van der Waals surface area (Å²) in [6.07, 6.45) is 21.2. The number of carbonyl (C=O) groups excluding carboxylic acids is 1. The van der Waals surface area contributed by atoms with Crippen molar-refractivity contribution in [3.05, 3.63) is 12.2 Å². The van der Waals surface area contributed by atoms with Gasteiger partial charge in [-0.1, -0.05) is 83.8 Å². The van der Waals surface area contributed by atoms with Gasteiger partial charge < -0.3 is 0 Å². The van der Waals surface area contributed by atoms with E-state index in [1.807, 2.05) is 0 Å². The molecule has 0 aliphatic carbocycles. The number of ketones is 1. The highest BCUT2D eigenvalue weighted by molar-refractivity contribution is 5.79. The number of hydrogen-bond acceptors (Lipinski definition) is 1. The number of carbonyl (C=O) groups is 1. The SMILES string of the molecule is CCCCCCCCC/C=C\CC(=O)CCCCCC. The zero-order valence-electron chi connectivity index (χ0n) is 14.0. The molecule has 20 heavy (non-hydrogen) atoms. The predicted molar refractivity (Wildman–Crippen MR) is 90.1 cm³/mol. The minimum absolute atomic E-state index is 0.414. The van der Waals surface area contributed by atoms with E-state index in [1.165, 1.54) is 64.2 Å². The fourth-order valence-corrected chi connectivity index (χ4v) is 2.40. The zero-order valence-corrected chi connectivity index (χ0v) is 14.0. The first-order chi connectivity index (χ1) is 9.81.